The molecule has 0 saturated heterocycles. The number of thiazole rings is 1. The predicted octanol–water partition coefficient (Wildman–Crippen LogP) is 2.60. The summed E-state index contributed by atoms with van der Waals surface area (Å²) < 4.78 is 0. The molecule has 2 heterocycles. The topological polar surface area (TPSA) is 74.5 Å². The number of nitrogens with zero attached hydrogens (tertiary/aromatic N) is 4. The molecule has 0 aliphatic heterocycles. The molecule has 1 unspecified atom stereocenters. The van der Waals surface area contributed by atoms with E-state index >= 15 is 0 Å². The molecular formula is C13H13N5S. The molecule has 1 N–H and O–H groups in total. The molecule has 0 aromatic carbocycles. The van der Waals surface area contributed by atoms with Crippen molar-refractivity contribution in [3.8, 4) is 6.07 Å². The van der Waals surface area contributed by atoms with Gasteiger partial charge in [-0.25, -0.2) is 15.0 Å². The van der Waals surface area contributed by atoms with Crippen LogP contribution in [0.4, 0.5) is 5.82 Å². The van der Waals surface area contributed by atoms with E-state index < -0.39 is 0 Å². The highest BCUT2D eigenvalue weighted by atomic mass is 32.1. The number of nitrogens with one attached hydrogen (secondary N) is 1. The van der Waals surface area contributed by atoms with Gasteiger partial charge in [0, 0.05) is 17.3 Å². The monoisotopic (exact) mass is 271 g/mol. The van der Waals surface area contributed by atoms with Crippen molar-refractivity contribution >= 4 is 17.2 Å². The summed E-state index contributed by atoms with van der Waals surface area (Å²) in [5, 5.41) is 13.5. The van der Waals surface area contributed by atoms with E-state index in [0.29, 0.717) is 11.5 Å². The minimum absolute atomic E-state index is 0.137. The van der Waals surface area contributed by atoms with Crippen LogP contribution in [-0.2, 0) is 6.42 Å². The average Bonchev–Trinajstić information content (AvgIpc) is 2.81. The van der Waals surface area contributed by atoms with Crippen molar-refractivity contribution in [2.75, 3.05) is 5.32 Å². The van der Waals surface area contributed by atoms with Crippen LogP contribution >= 0.6 is 11.3 Å². The smallest absolute Gasteiger partial charge is 0.182 e. The van der Waals surface area contributed by atoms with E-state index in [1.54, 1.807) is 17.5 Å². The largest absolute Gasteiger partial charge is 0.359 e. The normalized spacial score (nSPS) is 17.6. The van der Waals surface area contributed by atoms with Crippen LogP contribution in [0.1, 0.15) is 40.2 Å². The molecule has 0 fully saturated rings. The van der Waals surface area contributed by atoms with Gasteiger partial charge in [0.1, 0.15) is 6.07 Å². The first-order valence-electron chi connectivity index (χ1n) is 6.22. The minimum Gasteiger partial charge on any atom is -0.359 e. The van der Waals surface area contributed by atoms with Crippen molar-refractivity contribution in [1.29, 1.82) is 5.26 Å². The van der Waals surface area contributed by atoms with Crippen LogP contribution in [0.3, 0.4) is 0 Å². The van der Waals surface area contributed by atoms with Gasteiger partial charge in [-0.2, -0.15) is 5.26 Å². The fraction of sp³-hybridized carbons (Fsp3) is 0.385. The van der Waals surface area contributed by atoms with Gasteiger partial charge in [-0.1, -0.05) is 0 Å². The molecule has 0 spiro atoms. The molecule has 0 saturated carbocycles. The molecule has 0 bridgehead atoms. The second-order valence-electron chi connectivity index (χ2n) is 4.50. The zero-order valence-corrected chi connectivity index (χ0v) is 11.4. The van der Waals surface area contributed by atoms with Gasteiger partial charge in [0.05, 0.1) is 16.7 Å². The molecule has 3 rings (SSSR count). The molecule has 2 aromatic heterocycles. The van der Waals surface area contributed by atoms with Gasteiger partial charge in [-0.05, 0) is 26.2 Å². The molecular weight excluding hydrogens is 258 g/mol. The first kappa shape index (κ1) is 12.1. The minimum atomic E-state index is 0.137. The molecule has 6 heteroatoms. The Labute approximate surface area is 115 Å². The van der Waals surface area contributed by atoms with Crippen LogP contribution in [0.15, 0.2) is 12.4 Å². The van der Waals surface area contributed by atoms with Gasteiger partial charge in [0.15, 0.2) is 11.5 Å². The number of aromatic nitrogens is 3. The van der Waals surface area contributed by atoms with Crippen molar-refractivity contribution in [3.63, 3.8) is 0 Å². The van der Waals surface area contributed by atoms with Gasteiger partial charge in [-0.15, -0.1) is 11.3 Å². The molecule has 1 atom stereocenters. The van der Waals surface area contributed by atoms with E-state index in [1.165, 1.54) is 11.1 Å². The van der Waals surface area contributed by atoms with Crippen molar-refractivity contribution in [2.45, 2.75) is 32.2 Å². The van der Waals surface area contributed by atoms with Crippen molar-refractivity contribution in [2.24, 2.45) is 0 Å². The Bertz CT molecular complexity index is 643. The lowest BCUT2D eigenvalue weighted by atomic mass is 9.97. The number of hydrogen-bond acceptors (Lipinski definition) is 6. The number of hydrogen-bond donors (Lipinski definition) is 1. The van der Waals surface area contributed by atoms with Gasteiger partial charge in [0.25, 0.3) is 0 Å². The van der Waals surface area contributed by atoms with Crippen LogP contribution in [0.5, 0.6) is 0 Å². The zero-order chi connectivity index (χ0) is 13.2. The maximum atomic E-state index is 9.04. The van der Waals surface area contributed by atoms with Gasteiger partial charge >= 0.3 is 0 Å². The summed E-state index contributed by atoms with van der Waals surface area (Å²) in [5.41, 5.74) is 1.45. The molecule has 1 aliphatic carbocycles. The third-order valence-electron chi connectivity index (χ3n) is 3.18. The highest BCUT2D eigenvalue weighted by Crippen LogP contribution is 2.35. The Morgan fingerprint density at radius 1 is 1.42 bits per heavy atom. The summed E-state index contributed by atoms with van der Waals surface area (Å²) >= 11 is 1.76. The van der Waals surface area contributed by atoms with E-state index in [9.17, 15) is 0 Å². The van der Waals surface area contributed by atoms with E-state index in [4.69, 9.17) is 5.26 Å². The molecule has 0 radical (unpaired) electrons. The van der Waals surface area contributed by atoms with Gasteiger partial charge in [-0.3, -0.25) is 0 Å². The Morgan fingerprint density at radius 2 is 2.26 bits per heavy atom. The summed E-state index contributed by atoms with van der Waals surface area (Å²) in [5.74, 6) is 0.550. The molecule has 5 nitrogen and oxygen atoms in total. The molecule has 2 aromatic rings. The number of aryl methyl sites for hydroxylation is 2. The summed E-state index contributed by atoms with van der Waals surface area (Å²) in [4.78, 5) is 14.2. The van der Waals surface area contributed by atoms with E-state index in [0.717, 1.165) is 30.0 Å². The van der Waals surface area contributed by atoms with Crippen LogP contribution < -0.4 is 5.32 Å². The predicted molar refractivity (Wildman–Crippen MR) is 72.9 cm³/mol. The summed E-state index contributed by atoms with van der Waals surface area (Å²) in [6.45, 7) is 2.03. The lowest BCUT2D eigenvalue weighted by Crippen LogP contribution is -2.18. The lowest BCUT2D eigenvalue weighted by Gasteiger charge is -2.22. The summed E-state index contributed by atoms with van der Waals surface area (Å²) in [6, 6.07) is 2.20. The van der Waals surface area contributed by atoms with Gasteiger partial charge in [0.2, 0.25) is 0 Å². The maximum absolute atomic E-state index is 9.04. The fourth-order valence-corrected chi connectivity index (χ4v) is 3.41. The second-order valence-corrected chi connectivity index (χ2v) is 5.78. The second kappa shape index (κ2) is 4.94. The van der Waals surface area contributed by atoms with Crippen LogP contribution in [0.2, 0.25) is 0 Å². The van der Waals surface area contributed by atoms with Crippen LogP contribution in [-0.4, -0.2) is 15.0 Å². The molecule has 0 amide bonds. The van der Waals surface area contributed by atoms with Crippen LogP contribution in [0, 0.1) is 18.3 Å². The first-order valence-corrected chi connectivity index (χ1v) is 7.03. The molecule has 19 heavy (non-hydrogen) atoms. The SMILES string of the molecule is Cc1nc2c(s1)CCCC2Nc1nccnc1C#N. The van der Waals surface area contributed by atoms with Crippen molar-refractivity contribution < 1.29 is 0 Å². The number of fused-ring (bicyclic) bond motifs is 1. The highest BCUT2D eigenvalue weighted by Gasteiger charge is 2.25. The summed E-state index contributed by atoms with van der Waals surface area (Å²) in [6.07, 6.45) is 6.37. The molecule has 96 valence electrons. The first-order chi connectivity index (χ1) is 9.28. The van der Waals surface area contributed by atoms with E-state index in [-0.39, 0.29) is 6.04 Å². The summed E-state index contributed by atoms with van der Waals surface area (Å²) in [7, 11) is 0. The van der Waals surface area contributed by atoms with E-state index in [2.05, 4.69) is 26.3 Å². The third kappa shape index (κ3) is 2.29. The Kier molecular flexibility index (Phi) is 3.13. The van der Waals surface area contributed by atoms with Gasteiger partial charge < -0.3 is 5.32 Å². The van der Waals surface area contributed by atoms with Crippen LogP contribution in [0.25, 0.3) is 0 Å². The zero-order valence-electron chi connectivity index (χ0n) is 10.6. The lowest BCUT2D eigenvalue weighted by molar-refractivity contribution is 0.591. The van der Waals surface area contributed by atoms with Crippen molar-refractivity contribution in [1.82, 2.24) is 15.0 Å². The Morgan fingerprint density at radius 3 is 3.11 bits per heavy atom. The maximum Gasteiger partial charge on any atom is 0.182 e. The number of rotatable bonds is 2. The molecule has 1 aliphatic rings. The number of anilines is 1. The van der Waals surface area contributed by atoms with Crippen molar-refractivity contribution in [3.05, 3.63) is 33.7 Å². The number of nitriles is 1. The average molecular weight is 271 g/mol. The highest BCUT2D eigenvalue weighted by molar-refractivity contribution is 7.11. The Balaban J connectivity index is 1.91. The fourth-order valence-electron chi connectivity index (χ4n) is 2.37. The Hall–Kier alpha value is -2.00. The third-order valence-corrected chi connectivity index (χ3v) is 4.22. The quantitative estimate of drug-likeness (QED) is 0.908. The standard InChI is InChI=1S/C13H13N5S/c1-8-17-12-9(3-2-4-11(12)19-8)18-13-10(7-14)15-5-6-16-13/h5-6,9H,2-4H2,1H3,(H,16,18). The van der Waals surface area contributed by atoms with E-state index in [1.807, 2.05) is 6.92 Å².